The minimum atomic E-state index is -1.26. The highest BCUT2D eigenvalue weighted by Crippen LogP contribution is 2.32. The third-order valence-electron chi connectivity index (χ3n) is 6.03. The van der Waals surface area contributed by atoms with Gasteiger partial charge in [0.25, 0.3) is 5.91 Å². The Labute approximate surface area is 185 Å². The maximum atomic E-state index is 13.3. The molecule has 3 amide bonds. The van der Waals surface area contributed by atoms with Crippen LogP contribution in [0.3, 0.4) is 0 Å². The SMILES string of the molecule is Cc1cc2oc(=O)cc(CN3C(=O)NC(C)(c4ccc(C#N)cc4)C3=O)c2cc1C(C)C. The van der Waals surface area contributed by atoms with Crippen LogP contribution in [0.1, 0.15) is 54.5 Å². The first-order valence-electron chi connectivity index (χ1n) is 10.4. The highest BCUT2D eigenvalue weighted by Gasteiger charge is 2.49. The van der Waals surface area contributed by atoms with E-state index in [0.717, 1.165) is 16.0 Å². The van der Waals surface area contributed by atoms with E-state index in [9.17, 15) is 14.4 Å². The van der Waals surface area contributed by atoms with Crippen molar-refractivity contribution in [1.29, 1.82) is 5.26 Å². The van der Waals surface area contributed by atoms with Crippen LogP contribution in [-0.4, -0.2) is 16.8 Å². The van der Waals surface area contributed by atoms with Gasteiger partial charge in [-0.1, -0.05) is 26.0 Å². The zero-order valence-corrected chi connectivity index (χ0v) is 18.4. The van der Waals surface area contributed by atoms with Crippen LogP contribution in [0.4, 0.5) is 4.79 Å². The van der Waals surface area contributed by atoms with E-state index in [1.807, 2.05) is 25.1 Å². The van der Waals surface area contributed by atoms with Gasteiger partial charge >= 0.3 is 11.7 Å². The molecule has 0 spiro atoms. The third-order valence-corrected chi connectivity index (χ3v) is 6.03. The minimum absolute atomic E-state index is 0.0563. The molecule has 2 aromatic carbocycles. The molecular formula is C25H23N3O4. The molecule has 162 valence electrons. The summed E-state index contributed by atoms with van der Waals surface area (Å²) in [6.45, 7) is 7.69. The number of carbonyl (C=O) groups is 2. The van der Waals surface area contributed by atoms with Gasteiger partial charge in [-0.25, -0.2) is 9.59 Å². The van der Waals surface area contributed by atoms with Gasteiger partial charge in [-0.3, -0.25) is 9.69 Å². The van der Waals surface area contributed by atoms with Crippen molar-refractivity contribution in [2.24, 2.45) is 0 Å². The van der Waals surface area contributed by atoms with E-state index in [2.05, 4.69) is 19.2 Å². The minimum Gasteiger partial charge on any atom is -0.423 e. The van der Waals surface area contributed by atoms with E-state index in [1.54, 1.807) is 31.2 Å². The Balaban J connectivity index is 1.75. The number of carbonyl (C=O) groups excluding carboxylic acids is 2. The monoisotopic (exact) mass is 429 g/mol. The van der Waals surface area contributed by atoms with Crippen LogP contribution in [0.25, 0.3) is 11.0 Å². The number of benzene rings is 2. The molecule has 3 aromatic rings. The number of hydrogen-bond acceptors (Lipinski definition) is 5. The van der Waals surface area contributed by atoms with Gasteiger partial charge in [0.15, 0.2) is 0 Å². The van der Waals surface area contributed by atoms with E-state index < -0.39 is 23.1 Å². The van der Waals surface area contributed by atoms with E-state index >= 15 is 0 Å². The highest BCUT2D eigenvalue weighted by molar-refractivity contribution is 6.07. The smallest absolute Gasteiger partial charge is 0.336 e. The second-order valence-corrected chi connectivity index (χ2v) is 8.59. The number of aryl methyl sites for hydroxylation is 1. The number of amides is 3. The van der Waals surface area contributed by atoms with Gasteiger partial charge in [-0.15, -0.1) is 0 Å². The van der Waals surface area contributed by atoms with Gasteiger partial charge in [0.1, 0.15) is 11.1 Å². The molecule has 32 heavy (non-hydrogen) atoms. The Kier molecular flexibility index (Phi) is 5.09. The van der Waals surface area contributed by atoms with Gasteiger partial charge in [0.05, 0.1) is 18.2 Å². The molecule has 7 heteroatoms. The predicted octanol–water partition coefficient (Wildman–Crippen LogP) is 4.06. The van der Waals surface area contributed by atoms with Crippen LogP contribution in [0.15, 0.2) is 51.7 Å². The largest absolute Gasteiger partial charge is 0.423 e. The topological polar surface area (TPSA) is 103 Å². The fourth-order valence-electron chi connectivity index (χ4n) is 4.23. The molecule has 1 fully saturated rings. The van der Waals surface area contributed by atoms with Gasteiger partial charge in [-0.2, -0.15) is 5.26 Å². The Morgan fingerprint density at radius 3 is 2.44 bits per heavy atom. The standard InChI is InChI=1S/C25H23N3O4/c1-14(2)19-11-20-17(10-22(29)32-21(20)9-15(19)3)13-28-23(30)25(4,27-24(28)31)18-7-5-16(12-26)6-8-18/h5-11,14H,13H2,1-4H3,(H,27,31). The maximum Gasteiger partial charge on any atom is 0.336 e. The molecular weight excluding hydrogens is 406 g/mol. The zero-order valence-electron chi connectivity index (χ0n) is 18.4. The van der Waals surface area contributed by atoms with Crippen LogP contribution in [-0.2, 0) is 16.9 Å². The Hall–Kier alpha value is -3.92. The number of urea groups is 1. The molecule has 1 aromatic heterocycles. The van der Waals surface area contributed by atoms with Gasteiger partial charge in [0, 0.05) is 11.5 Å². The lowest BCUT2D eigenvalue weighted by Gasteiger charge is -2.22. The number of imide groups is 1. The van der Waals surface area contributed by atoms with Crippen LogP contribution >= 0.6 is 0 Å². The molecule has 1 N–H and O–H groups in total. The van der Waals surface area contributed by atoms with Crippen LogP contribution in [0.5, 0.6) is 0 Å². The summed E-state index contributed by atoms with van der Waals surface area (Å²) in [6, 6.07) is 13.1. The summed E-state index contributed by atoms with van der Waals surface area (Å²) in [4.78, 5) is 39.4. The molecule has 4 rings (SSSR count). The summed E-state index contributed by atoms with van der Waals surface area (Å²) >= 11 is 0. The number of fused-ring (bicyclic) bond motifs is 1. The second-order valence-electron chi connectivity index (χ2n) is 8.59. The average Bonchev–Trinajstić information content (AvgIpc) is 2.96. The number of hydrogen-bond donors (Lipinski definition) is 1. The summed E-state index contributed by atoms with van der Waals surface area (Å²) in [7, 11) is 0. The molecule has 0 aliphatic carbocycles. The Morgan fingerprint density at radius 2 is 1.81 bits per heavy atom. The molecule has 1 aliphatic heterocycles. The van der Waals surface area contributed by atoms with Crippen molar-refractivity contribution in [1.82, 2.24) is 10.2 Å². The van der Waals surface area contributed by atoms with Crippen LogP contribution in [0.2, 0.25) is 0 Å². The van der Waals surface area contributed by atoms with Gasteiger partial charge in [-0.05, 0) is 66.3 Å². The lowest BCUT2D eigenvalue weighted by molar-refractivity contribution is -0.131. The van der Waals surface area contributed by atoms with E-state index in [4.69, 9.17) is 9.68 Å². The third kappa shape index (κ3) is 3.44. The first-order chi connectivity index (χ1) is 15.1. The van der Waals surface area contributed by atoms with Gasteiger partial charge < -0.3 is 9.73 Å². The first kappa shape index (κ1) is 21.3. The molecule has 1 atom stereocenters. The summed E-state index contributed by atoms with van der Waals surface area (Å²) < 4.78 is 5.38. The van der Waals surface area contributed by atoms with Crippen molar-refractivity contribution in [2.45, 2.75) is 45.7 Å². The van der Waals surface area contributed by atoms with Crippen LogP contribution in [0, 0.1) is 18.3 Å². The summed E-state index contributed by atoms with van der Waals surface area (Å²) in [6.07, 6.45) is 0. The van der Waals surface area contributed by atoms with Crippen molar-refractivity contribution in [2.75, 3.05) is 0 Å². The number of rotatable bonds is 4. The Morgan fingerprint density at radius 1 is 1.12 bits per heavy atom. The molecule has 1 aliphatic rings. The lowest BCUT2D eigenvalue weighted by Crippen LogP contribution is -2.40. The van der Waals surface area contributed by atoms with E-state index in [-0.39, 0.29) is 12.5 Å². The van der Waals surface area contributed by atoms with E-state index in [1.165, 1.54) is 6.07 Å². The first-order valence-corrected chi connectivity index (χ1v) is 10.4. The fraction of sp³-hybridized carbons (Fsp3) is 0.280. The number of nitrogens with zero attached hydrogens (tertiary/aromatic N) is 2. The lowest BCUT2D eigenvalue weighted by atomic mass is 9.91. The zero-order chi connectivity index (χ0) is 23.2. The van der Waals surface area contributed by atoms with Gasteiger partial charge in [0.2, 0.25) is 0 Å². The summed E-state index contributed by atoms with van der Waals surface area (Å²) in [5, 5.41) is 12.5. The summed E-state index contributed by atoms with van der Waals surface area (Å²) in [5.41, 5.74) is 2.33. The second kappa shape index (κ2) is 7.65. The predicted molar refractivity (Wildman–Crippen MR) is 119 cm³/mol. The highest BCUT2D eigenvalue weighted by atomic mass is 16.4. The van der Waals surface area contributed by atoms with E-state index in [0.29, 0.717) is 27.7 Å². The van der Waals surface area contributed by atoms with Crippen molar-refractivity contribution < 1.29 is 14.0 Å². The normalized spacial score (nSPS) is 18.3. The maximum absolute atomic E-state index is 13.3. The molecule has 0 saturated carbocycles. The number of nitrogens with one attached hydrogen (secondary N) is 1. The average molecular weight is 429 g/mol. The Bertz CT molecular complexity index is 1350. The number of nitriles is 1. The quantitative estimate of drug-likeness (QED) is 0.497. The van der Waals surface area contributed by atoms with Crippen molar-refractivity contribution >= 4 is 22.9 Å². The molecule has 2 heterocycles. The molecule has 0 radical (unpaired) electrons. The molecule has 1 saturated heterocycles. The fourth-order valence-corrected chi connectivity index (χ4v) is 4.23. The molecule has 0 bridgehead atoms. The summed E-state index contributed by atoms with van der Waals surface area (Å²) in [5.74, 6) is -0.166. The molecule has 7 nitrogen and oxygen atoms in total. The van der Waals surface area contributed by atoms with Crippen molar-refractivity contribution in [3.8, 4) is 6.07 Å². The van der Waals surface area contributed by atoms with Crippen molar-refractivity contribution in [3.05, 3.63) is 80.7 Å². The van der Waals surface area contributed by atoms with Crippen molar-refractivity contribution in [3.63, 3.8) is 0 Å². The van der Waals surface area contributed by atoms with Crippen LogP contribution < -0.4 is 10.9 Å². The molecule has 1 unspecified atom stereocenters.